The fourth-order valence-corrected chi connectivity index (χ4v) is 3.56. The number of anilines is 1. The van der Waals surface area contributed by atoms with E-state index in [9.17, 15) is 9.59 Å². The molecule has 0 N–H and O–H groups in total. The number of amides is 1. The van der Waals surface area contributed by atoms with Gasteiger partial charge in [0.1, 0.15) is 5.76 Å². The zero-order valence-electron chi connectivity index (χ0n) is 14.2. The Balaban J connectivity index is 1.49. The Bertz CT molecular complexity index is 807. The molecule has 7 nitrogen and oxygen atoms in total. The standard InChI is InChI=1S/C18H20N4O3/c1-12-15-13(23)4-2-5-14(15)25-16(12)17(24)21-8-10-22(11-9-21)18-19-6-3-7-20-18/h3,6-7H,2,4-5,8-11H2,1H3. The highest BCUT2D eigenvalue weighted by atomic mass is 16.4. The van der Waals surface area contributed by atoms with E-state index < -0.39 is 0 Å². The molecule has 1 saturated heterocycles. The van der Waals surface area contributed by atoms with E-state index in [1.165, 1.54) is 0 Å². The lowest BCUT2D eigenvalue weighted by molar-refractivity contribution is 0.0710. The van der Waals surface area contributed by atoms with Crippen LogP contribution >= 0.6 is 0 Å². The van der Waals surface area contributed by atoms with Gasteiger partial charge in [-0.05, 0) is 19.4 Å². The number of fused-ring (bicyclic) bond motifs is 1. The third kappa shape index (κ3) is 2.79. The lowest BCUT2D eigenvalue weighted by Crippen LogP contribution is -2.49. The summed E-state index contributed by atoms with van der Waals surface area (Å²) in [6.45, 7) is 4.32. The summed E-state index contributed by atoms with van der Waals surface area (Å²) in [7, 11) is 0. The fraction of sp³-hybridized carbons (Fsp3) is 0.444. The number of carbonyl (C=O) groups is 2. The van der Waals surface area contributed by atoms with Crippen molar-refractivity contribution in [2.75, 3.05) is 31.1 Å². The monoisotopic (exact) mass is 340 g/mol. The number of furan rings is 1. The number of piperazine rings is 1. The highest BCUT2D eigenvalue weighted by Gasteiger charge is 2.32. The molecule has 0 unspecified atom stereocenters. The van der Waals surface area contributed by atoms with E-state index in [-0.39, 0.29) is 11.7 Å². The molecule has 2 aromatic heterocycles. The van der Waals surface area contributed by atoms with Crippen molar-refractivity contribution in [1.29, 1.82) is 0 Å². The highest BCUT2D eigenvalue weighted by molar-refractivity contribution is 6.03. The van der Waals surface area contributed by atoms with Gasteiger partial charge in [-0.1, -0.05) is 0 Å². The minimum Gasteiger partial charge on any atom is -0.455 e. The molecule has 1 aliphatic heterocycles. The minimum absolute atomic E-state index is 0.0904. The second-order valence-corrected chi connectivity index (χ2v) is 6.46. The molecule has 25 heavy (non-hydrogen) atoms. The van der Waals surface area contributed by atoms with Gasteiger partial charge in [-0.2, -0.15) is 0 Å². The topological polar surface area (TPSA) is 79.5 Å². The molecule has 1 aliphatic carbocycles. The number of rotatable bonds is 2. The molecule has 4 rings (SSSR count). The molecule has 0 saturated carbocycles. The van der Waals surface area contributed by atoms with Crippen LogP contribution in [0, 0.1) is 6.92 Å². The SMILES string of the molecule is Cc1c(C(=O)N2CCN(c3ncccn3)CC2)oc2c1C(=O)CCC2. The molecule has 130 valence electrons. The van der Waals surface area contributed by atoms with E-state index in [0.717, 1.165) is 12.8 Å². The molecule has 1 amide bonds. The summed E-state index contributed by atoms with van der Waals surface area (Å²) in [6, 6.07) is 1.78. The van der Waals surface area contributed by atoms with Crippen LogP contribution in [0.5, 0.6) is 0 Å². The van der Waals surface area contributed by atoms with Crippen LogP contribution in [0.2, 0.25) is 0 Å². The van der Waals surface area contributed by atoms with Crippen molar-refractivity contribution in [2.24, 2.45) is 0 Å². The van der Waals surface area contributed by atoms with Gasteiger partial charge in [0, 0.05) is 57.0 Å². The van der Waals surface area contributed by atoms with Crippen LogP contribution in [-0.2, 0) is 6.42 Å². The number of aryl methyl sites for hydroxylation is 1. The summed E-state index contributed by atoms with van der Waals surface area (Å²) in [5, 5.41) is 0. The smallest absolute Gasteiger partial charge is 0.289 e. The van der Waals surface area contributed by atoms with E-state index >= 15 is 0 Å². The van der Waals surface area contributed by atoms with Crippen molar-refractivity contribution in [1.82, 2.24) is 14.9 Å². The Morgan fingerprint density at radius 3 is 2.52 bits per heavy atom. The quantitative estimate of drug-likeness (QED) is 0.830. The highest BCUT2D eigenvalue weighted by Crippen LogP contribution is 2.30. The molecule has 0 bridgehead atoms. The molecule has 0 atom stereocenters. The Kier molecular flexibility index (Phi) is 3.99. The van der Waals surface area contributed by atoms with Crippen molar-refractivity contribution in [2.45, 2.75) is 26.2 Å². The molecule has 1 fully saturated rings. The molecule has 0 radical (unpaired) electrons. The Labute approximate surface area is 145 Å². The van der Waals surface area contributed by atoms with E-state index in [4.69, 9.17) is 4.42 Å². The summed E-state index contributed by atoms with van der Waals surface area (Å²) in [6.07, 6.45) is 5.49. The predicted molar refractivity (Wildman–Crippen MR) is 90.9 cm³/mol. The van der Waals surface area contributed by atoms with Crippen molar-refractivity contribution >= 4 is 17.6 Å². The van der Waals surface area contributed by atoms with Crippen molar-refractivity contribution in [3.8, 4) is 0 Å². The largest absolute Gasteiger partial charge is 0.455 e. The molecule has 0 spiro atoms. The number of carbonyl (C=O) groups excluding carboxylic acids is 2. The number of nitrogens with zero attached hydrogens (tertiary/aromatic N) is 4. The van der Waals surface area contributed by atoms with Crippen molar-refractivity contribution < 1.29 is 14.0 Å². The van der Waals surface area contributed by atoms with E-state index in [0.29, 0.717) is 61.2 Å². The van der Waals surface area contributed by atoms with Crippen molar-refractivity contribution in [3.05, 3.63) is 41.1 Å². The van der Waals surface area contributed by atoms with E-state index in [1.807, 2.05) is 6.92 Å². The van der Waals surface area contributed by atoms with Gasteiger partial charge in [0.05, 0.1) is 5.56 Å². The maximum Gasteiger partial charge on any atom is 0.289 e. The molecule has 3 heterocycles. The maximum atomic E-state index is 12.9. The summed E-state index contributed by atoms with van der Waals surface area (Å²) in [4.78, 5) is 37.3. The first kappa shape index (κ1) is 15.8. The minimum atomic E-state index is -0.131. The maximum absolute atomic E-state index is 12.9. The van der Waals surface area contributed by atoms with E-state index in [2.05, 4.69) is 14.9 Å². The third-order valence-electron chi connectivity index (χ3n) is 4.90. The first-order valence-corrected chi connectivity index (χ1v) is 8.62. The first-order valence-electron chi connectivity index (χ1n) is 8.62. The summed E-state index contributed by atoms with van der Waals surface area (Å²) >= 11 is 0. The van der Waals surface area contributed by atoms with Gasteiger partial charge in [0.25, 0.3) is 5.91 Å². The van der Waals surface area contributed by atoms with Gasteiger partial charge in [0.15, 0.2) is 11.5 Å². The Morgan fingerprint density at radius 2 is 1.84 bits per heavy atom. The fourth-order valence-electron chi connectivity index (χ4n) is 3.56. The van der Waals surface area contributed by atoms with Gasteiger partial charge in [-0.3, -0.25) is 9.59 Å². The number of hydrogen-bond donors (Lipinski definition) is 0. The predicted octanol–water partition coefficient (Wildman–Crippen LogP) is 1.86. The van der Waals surface area contributed by atoms with Gasteiger partial charge < -0.3 is 14.2 Å². The number of hydrogen-bond acceptors (Lipinski definition) is 6. The zero-order chi connectivity index (χ0) is 17.4. The van der Waals surface area contributed by atoms with Crippen LogP contribution in [0.3, 0.4) is 0 Å². The van der Waals surface area contributed by atoms with Crippen molar-refractivity contribution in [3.63, 3.8) is 0 Å². The normalized spacial score (nSPS) is 17.6. The van der Waals surface area contributed by atoms with Gasteiger partial charge >= 0.3 is 0 Å². The van der Waals surface area contributed by atoms with Crippen LogP contribution < -0.4 is 4.90 Å². The van der Waals surface area contributed by atoms with Crippen LogP contribution in [0.25, 0.3) is 0 Å². The third-order valence-corrected chi connectivity index (χ3v) is 4.90. The summed E-state index contributed by atoms with van der Waals surface area (Å²) in [5.41, 5.74) is 1.32. The van der Waals surface area contributed by atoms with Crippen LogP contribution in [0.4, 0.5) is 5.95 Å². The van der Waals surface area contributed by atoms with Crippen LogP contribution in [0.15, 0.2) is 22.9 Å². The molecule has 2 aromatic rings. The van der Waals surface area contributed by atoms with Gasteiger partial charge in [-0.15, -0.1) is 0 Å². The van der Waals surface area contributed by atoms with Crippen LogP contribution in [-0.4, -0.2) is 52.7 Å². The lowest BCUT2D eigenvalue weighted by atomic mass is 9.94. The molecular weight excluding hydrogens is 320 g/mol. The van der Waals surface area contributed by atoms with E-state index in [1.54, 1.807) is 23.4 Å². The van der Waals surface area contributed by atoms with Gasteiger partial charge in [-0.25, -0.2) is 9.97 Å². The first-order chi connectivity index (χ1) is 12.1. The Morgan fingerprint density at radius 1 is 1.12 bits per heavy atom. The van der Waals surface area contributed by atoms with Gasteiger partial charge in [0.2, 0.25) is 5.95 Å². The Hall–Kier alpha value is -2.70. The molecule has 2 aliphatic rings. The summed E-state index contributed by atoms with van der Waals surface area (Å²) < 4.78 is 5.78. The number of Topliss-reactive ketones (excluding diaryl/α,β-unsaturated/α-hetero) is 1. The lowest BCUT2D eigenvalue weighted by Gasteiger charge is -2.34. The van der Waals surface area contributed by atoms with Crippen LogP contribution in [0.1, 0.15) is 45.1 Å². The molecule has 0 aromatic carbocycles. The average Bonchev–Trinajstić information content (AvgIpc) is 3.00. The zero-order valence-corrected chi connectivity index (χ0v) is 14.2. The second-order valence-electron chi connectivity index (χ2n) is 6.46. The average molecular weight is 340 g/mol. The summed E-state index contributed by atoms with van der Waals surface area (Å²) in [5.74, 6) is 1.64. The number of aromatic nitrogens is 2. The molecular formula is C18H20N4O3. The molecule has 7 heteroatoms. The second kappa shape index (κ2) is 6.31. The number of ketones is 1.